The number of nitrogens with one attached hydrogen (secondary N) is 1. The van der Waals surface area contributed by atoms with Crippen LogP contribution < -0.4 is 5.43 Å². The van der Waals surface area contributed by atoms with Crippen LogP contribution in [0.1, 0.15) is 89.6 Å². The zero-order valence-electron chi connectivity index (χ0n) is 22.5. The fraction of sp³-hybridized carbons (Fsp3) is 0.586. The molecule has 0 bridgehead atoms. The number of pyridine rings is 1. The molecule has 5 rings (SSSR count). The number of fused-ring (bicyclic) bond motifs is 1. The van der Waals surface area contributed by atoms with Gasteiger partial charge in [0.05, 0.1) is 5.57 Å². The molecule has 4 aliphatic rings. The molecule has 1 fully saturated rings. The Labute approximate surface area is 219 Å². The van der Waals surface area contributed by atoms with Gasteiger partial charge >= 0.3 is 5.97 Å². The van der Waals surface area contributed by atoms with E-state index in [1.54, 1.807) is 0 Å². The zero-order chi connectivity index (χ0) is 26.2. The Morgan fingerprint density at radius 2 is 1.84 bits per heavy atom. The van der Waals surface area contributed by atoms with Crippen LogP contribution in [0.15, 0.2) is 45.2 Å². The first kappa shape index (κ1) is 25.5. The number of aromatic nitrogens is 1. The third-order valence-corrected chi connectivity index (χ3v) is 8.22. The highest BCUT2D eigenvalue weighted by molar-refractivity contribution is 5.99. The summed E-state index contributed by atoms with van der Waals surface area (Å²) in [6.07, 6.45) is 9.79. The normalized spacial score (nSPS) is 25.9. The molecule has 1 saturated carbocycles. The third-order valence-electron chi connectivity index (χ3n) is 8.22. The molecule has 2 N–H and O–H groups in total. The highest BCUT2D eigenvalue weighted by atomic mass is 16.6. The van der Waals surface area contributed by atoms with Gasteiger partial charge in [-0.3, -0.25) is 10.4 Å². The minimum Gasteiger partial charge on any atom is -0.512 e. The van der Waals surface area contributed by atoms with Gasteiger partial charge in [0, 0.05) is 35.6 Å². The van der Waals surface area contributed by atoms with Crippen molar-refractivity contribution in [2.24, 2.45) is 15.9 Å². The average Bonchev–Trinajstić information content (AvgIpc) is 3.55. The second-order valence-corrected chi connectivity index (χ2v) is 10.8. The number of ether oxygens (including phenoxy) is 1. The van der Waals surface area contributed by atoms with E-state index in [-0.39, 0.29) is 24.4 Å². The van der Waals surface area contributed by atoms with Crippen molar-refractivity contribution in [1.29, 1.82) is 0 Å². The number of esters is 1. The molecular formula is C29H39N5O3. The number of amidine groups is 1. The highest BCUT2D eigenvalue weighted by Gasteiger charge is 2.48. The largest absolute Gasteiger partial charge is 0.512 e. The van der Waals surface area contributed by atoms with Crippen LogP contribution in [0.2, 0.25) is 0 Å². The van der Waals surface area contributed by atoms with E-state index in [0.29, 0.717) is 24.3 Å². The van der Waals surface area contributed by atoms with Crippen molar-refractivity contribution in [3.8, 4) is 0 Å². The smallest absolute Gasteiger partial charge is 0.338 e. The summed E-state index contributed by atoms with van der Waals surface area (Å²) in [5, 5.41) is 13.1. The molecule has 4 heterocycles. The molecule has 1 aromatic heterocycles. The van der Waals surface area contributed by atoms with E-state index in [2.05, 4.69) is 41.4 Å². The number of rotatable bonds is 8. The van der Waals surface area contributed by atoms with Gasteiger partial charge in [-0.1, -0.05) is 26.7 Å². The number of carbonyl (C=O) groups is 1. The van der Waals surface area contributed by atoms with Crippen molar-refractivity contribution in [2.75, 3.05) is 0 Å². The number of hydrogen-bond acceptors (Lipinski definition) is 8. The minimum absolute atomic E-state index is 0.141. The van der Waals surface area contributed by atoms with E-state index in [0.717, 1.165) is 67.7 Å². The molecule has 1 aliphatic carbocycles. The molecule has 0 saturated heterocycles. The van der Waals surface area contributed by atoms with Gasteiger partial charge in [0.2, 0.25) is 6.29 Å². The lowest BCUT2D eigenvalue weighted by molar-refractivity contribution is -0.167. The van der Waals surface area contributed by atoms with E-state index in [9.17, 15) is 9.90 Å². The summed E-state index contributed by atoms with van der Waals surface area (Å²) < 4.78 is 6.34. The lowest BCUT2D eigenvalue weighted by atomic mass is 9.76. The number of hydrogen-bond donors (Lipinski definition) is 2. The molecule has 1 aromatic rings. The summed E-state index contributed by atoms with van der Waals surface area (Å²) in [5.41, 5.74) is 8.22. The number of allylic oxidation sites excluding steroid dienone is 2. The van der Waals surface area contributed by atoms with Gasteiger partial charge in [-0.15, -0.1) is 0 Å². The average molecular weight is 506 g/mol. The molecule has 2 atom stereocenters. The summed E-state index contributed by atoms with van der Waals surface area (Å²) in [6.45, 7) is 8.19. The van der Waals surface area contributed by atoms with Crippen LogP contribution >= 0.6 is 0 Å². The maximum atomic E-state index is 13.4. The number of carbonyl (C=O) groups excluding carboxylic acids is 1. The van der Waals surface area contributed by atoms with Gasteiger partial charge < -0.3 is 9.84 Å². The maximum Gasteiger partial charge on any atom is 0.338 e. The lowest BCUT2D eigenvalue weighted by Gasteiger charge is -2.42. The first-order chi connectivity index (χ1) is 17.8. The molecule has 37 heavy (non-hydrogen) atoms. The standard InChI is InChI=1S/C29H39N5O3/c1-5-22-14-20(15-23(6-2)31-22)11-12-29(21-9-7-8-10-21)17-25(35)24(27(36)37-29)16-26-32-28-30-18(3)13-19(4)34(28)33-26/h13-15,21,28,35H,5-12,16-17H2,1-4H3,(H,32,33)/t28?,29-/m1/s1. The Morgan fingerprint density at radius 1 is 1.14 bits per heavy atom. The lowest BCUT2D eigenvalue weighted by Crippen LogP contribution is -2.46. The summed E-state index contributed by atoms with van der Waals surface area (Å²) in [4.78, 5) is 27.3. The summed E-state index contributed by atoms with van der Waals surface area (Å²) in [6, 6.07) is 4.35. The number of aliphatic hydroxyl groups excluding tert-OH is 1. The fourth-order valence-electron chi connectivity index (χ4n) is 6.19. The van der Waals surface area contributed by atoms with Crippen molar-refractivity contribution in [3.05, 3.63) is 52.2 Å². The molecule has 3 aliphatic heterocycles. The Morgan fingerprint density at radius 3 is 2.49 bits per heavy atom. The number of aryl methyl sites for hydroxylation is 3. The van der Waals surface area contributed by atoms with Crippen molar-refractivity contribution in [1.82, 2.24) is 15.4 Å². The highest BCUT2D eigenvalue weighted by Crippen LogP contribution is 2.46. The number of cyclic esters (lactones) is 1. The van der Waals surface area contributed by atoms with E-state index in [1.807, 2.05) is 24.9 Å². The van der Waals surface area contributed by atoms with Crippen LogP contribution in [-0.2, 0) is 28.8 Å². The van der Waals surface area contributed by atoms with Crippen molar-refractivity contribution in [2.45, 2.75) is 104 Å². The quantitative estimate of drug-likeness (QED) is 0.477. The van der Waals surface area contributed by atoms with Crippen LogP contribution in [0.5, 0.6) is 0 Å². The monoisotopic (exact) mass is 505 g/mol. The van der Waals surface area contributed by atoms with Crippen molar-refractivity contribution < 1.29 is 14.6 Å². The number of hydrazine groups is 1. The van der Waals surface area contributed by atoms with E-state index in [4.69, 9.17) is 9.72 Å². The predicted octanol–water partition coefficient (Wildman–Crippen LogP) is 5.10. The Kier molecular flexibility index (Phi) is 7.10. The molecule has 198 valence electrons. The molecule has 8 nitrogen and oxygen atoms in total. The molecule has 0 amide bonds. The molecule has 8 heteroatoms. The zero-order valence-corrected chi connectivity index (χ0v) is 22.5. The molecule has 0 aromatic carbocycles. The third kappa shape index (κ3) is 5.15. The van der Waals surface area contributed by atoms with Gasteiger partial charge in [-0.25, -0.2) is 19.8 Å². The maximum absolute atomic E-state index is 13.4. The minimum atomic E-state index is -0.674. The molecule has 0 spiro atoms. The van der Waals surface area contributed by atoms with Crippen LogP contribution in [0.3, 0.4) is 0 Å². The summed E-state index contributed by atoms with van der Waals surface area (Å²) in [5.74, 6) is 0.594. The predicted molar refractivity (Wildman–Crippen MR) is 144 cm³/mol. The van der Waals surface area contributed by atoms with Crippen LogP contribution in [-0.4, -0.2) is 44.5 Å². The second kappa shape index (κ2) is 10.3. The van der Waals surface area contributed by atoms with Crippen molar-refractivity contribution >= 4 is 17.5 Å². The van der Waals surface area contributed by atoms with E-state index in [1.165, 1.54) is 5.56 Å². The number of aliphatic hydroxyl groups is 1. The number of nitrogens with zero attached hydrogens (tertiary/aromatic N) is 4. The molecule has 0 radical (unpaired) electrons. The Balaban J connectivity index is 1.36. The SMILES string of the molecule is CCc1cc(CC[C@]2(C3CCCC3)CC(O)=C(CC3=NC4N=C(C)C=C(C)N4N3)C(=O)O2)cc(CC)n1. The van der Waals surface area contributed by atoms with Gasteiger partial charge in [0.1, 0.15) is 17.2 Å². The first-order valence-electron chi connectivity index (χ1n) is 13.8. The van der Waals surface area contributed by atoms with Crippen LogP contribution in [0.25, 0.3) is 0 Å². The first-order valence-corrected chi connectivity index (χ1v) is 13.8. The molecule has 1 unspecified atom stereocenters. The number of aliphatic imine (C=N–C) groups is 2. The van der Waals surface area contributed by atoms with Crippen LogP contribution in [0.4, 0.5) is 0 Å². The summed E-state index contributed by atoms with van der Waals surface area (Å²) in [7, 11) is 0. The van der Waals surface area contributed by atoms with Gasteiger partial charge in [-0.05, 0) is 82.1 Å². The Hall–Kier alpha value is -3.16. The fourth-order valence-corrected chi connectivity index (χ4v) is 6.19. The Bertz CT molecular complexity index is 1170. The summed E-state index contributed by atoms with van der Waals surface area (Å²) >= 11 is 0. The molecular weight excluding hydrogens is 466 g/mol. The van der Waals surface area contributed by atoms with E-state index < -0.39 is 11.6 Å². The second-order valence-electron chi connectivity index (χ2n) is 10.8. The van der Waals surface area contributed by atoms with Crippen molar-refractivity contribution in [3.63, 3.8) is 0 Å². The topological polar surface area (TPSA) is 99.4 Å². The van der Waals surface area contributed by atoms with Gasteiger partial charge in [0.25, 0.3) is 0 Å². The van der Waals surface area contributed by atoms with Gasteiger partial charge in [-0.2, -0.15) is 0 Å². The van der Waals surface area contributed by atoms with E-state index >= 15 is 0 Å². The van der Waals surface area contributed by atoms with Crippen LogP contribution in [0, 0.1) is 5.92 Å². The van der Waals surface area contributed by atoms with Gasteiger partial charge in [0.15, 0.2) is 0 Å².